The molecule has 20 heavy (non-hydrogen) atoms. The van der Waals surface area contributed by atoms with Crippen LogP contribution in [0.3, 0.4) is 0 Å². The lowest BCUT2D eigenvalue weighted by Gasteiger charge is -2.09. The minimum atomic E-state index is -1.00. The first-order chi connectivity index (χ1) is 9.56. The van der Waals surface area contributed by atoms with Crippen LogP contribution in [0.15, 0.2) is 42.7 Å². The van der Waals surface area contributed by atoms with E-state index in [0.717, 1.165) is 12.3 Å². The highest BCUT2D eigenvalue weighted by atomic mass is 19.1. The molecule has 0 aliphatic carbocycles. The first-order valence-electron chi connectivity index (χ1n) is 5.78. The molecular weight excluding hydrogens is 263 g/mol. The van der Waals surface area contributed by atoms with E-state index in [2.05, 4.69) is 10.3 Å². The lowest BCUT2D eigenvalue weighted by molar-refractivity contribution is -0.136. The van der Waals surface area contributed by atoms with E-state index in [1.54, 1.807) is 24.3 Å². The fourth-order valence-corrected chi connectivity index (χ4v) is 1.69. The number of rotatable bonds is 4. The lowest BCUT2D eigenvalue weighted by atomic mass is 10.1. The molecule has 1 aromatic carbocycles. The number of hydrogen-bond donors (Lipinski definition) is 2. The molecule has 0 aliphatic rings. The maximum absolute atomic E-state index is 13.0. The molecule has 0 saturated carbocycles. The number of para-hydroxylation sites is 1. The van der Waals surface area contributed by atoms with Gasteiger partial charge >= 0.3 is 5.97 Å². The van der Waals surface area contributed by atoms with E-state index in [0.29, 0.717) is 11.3 Å². The molecule has 0 radical (unpaired) electrons. The van der Waals surface area contributed by atoms with Crippen molar-refractivity contribution in [2.24, 2.45) is 0 Å². The number of aromatic nitrogens is 1. The van der Waals surface area contributed by atoms with Crippen molar-refractivity contribution in [3.63, 3.8) is 0 Å². The number of benzene rings is 1. The van der Waals surface area contributed by atoms with Crippen LogP contribution in [-0.4, -0.2) is 22.0 Å². The Bertz CT molecular complexity index is 658. The second-order valence-corrected chi connectivity index (χ2v) is 4.07. The van der Waals surface area contributed by atoms with Gasteiger partial charge in [0.05, 0.1) is 18.2 Å². The molecule has 0 unspecified atom stereocenters. The van der Waals surface area contributed by atoms with E-state index in [9.17, 15) is 14.0 Å². The zero-order valence-electron chi connectivity index (χ0n) is 10.3. The summed E-state index contributed by atoms with van der Waals surface area (Å²) in [5.41, 5.74) is 0.914. The zero-order valence-corrected chi connectivity index (χ0v) is 10.3. The number of carbonyl (C=O) groups excluding carboxylic acids is 1. The average Bonchev–Trinajstić information content (AvgIpc) is 2.40. The monoisotopic (exact) mass is 274 g/mol. The first kappa shape index (κ1) is 13.7. The quantitative estimate of drug-likeness (QED) is 0.894. The summed E-state index contributed by atoms with van der Waals surface area (Å²) < 4.78 is 13.0. The van der Waals surface area contributed by atoms with Crippen LogP contribution in [0.4, 0.5) is 10.1 Å². The lowest BCUT2D eigenvalue weighted by Crippen LogP contribution is -2.14. The molecule has 5 nitrogen and oxygen atoms in total. The average molecular weight is 274 g/mol. The van der Waals surface area contributed by atoms with E-state index < -0.39 is 17.7 Å². The van der Waals surface area contributed by atoms with Crippen LogP contribution in [0.25, 0.3) is 0 Å². The SMILES string of the molecule is O=C(O)Cc1ccccc1NC(=O)c1cncc(F)c1. The Labute approximate surface area is 114 Å². The molecule has 1 heterocycles. The summed E-state index contributed by atoms with van der Waals surface area (Å²) >= 11 is 0. The van der Waals surface area contributed by atoms with Crippen molar-refractivity contribution >= 4 is 17.6 Å². The van der Waals surface area contributed by atoms with Gasteiger partial charge < -0.3 is 10.4 Å². The smallest absolute Gasteiger partial charge is 0.307 e. The number of nitrogens with zero attached hydrogens (tertiary/aromatic N) is 1. The molecule has 2 rings (SSSR count). The van der Waals surface area contributed by atoms with Gasteiger partial charge in [0.15, 0.2) is 0 Å². The summed E-state index contributed by atoms with van der Waals surface area (Å²) in [7, 11) is 0. The van der Waals surface area contributed by atoms with Crippen molar-refractivity contribution in [1.82, 2.24) is 4.98 Å². The fourth-order valence-electron chi connectivity index (χ4n) is 1.69. The maximum atomic E-state index is 13.0. The number of carbonyl (C=O) groups is 2. The Morgan fingerprint density at radius 3 is 2.70 bits per heavy atom. The zero-order chi connectivity index (χ0) is 14.5. The standard InChI is InChI=1S/C14H11FN2O3/c15-11-5-10(7-16-8-11)14(20)17-12-4-2-1-3-9(12)6-13(18)19/h1-5,7-8H,6H2,(H,17,20)(H,18,19). The van der Waals surface area contributed by atoms with Gasteiger partial charge in [-0.3, -0.25) is 14.6 Å². The van der Waals surface area contributed by atoms with Crippen LogP contribution in [0.5, 0.6) is 0 Å². The van der Waals surface area contributed by atoms with Crippen molar-refractivity contribution in [2.75, 3.05) is 5.32 Å². The molecule has 0 bridgehead atoms. The van der Waals surface area contributed by atoms with Crippen LogP contribution >= 0.6 is 0 Å². The highest BCUT2D eigenvalue weighted by Gasteiger charge is 2.11. The Hall–Kier alpha value is -2.76. The number of hydrogen-bond acceptors (Lipinski definition) is 3. The summed E-state index contributed by atoms with van der Waals surface area (Å²) in [6.07, 6.45) is 2.02. The number of nitrogens with one attached hydrogen (secondary N) is 1. The summed E-state index contributed by atoms with van der Waals surface area (Å²) in [6.45, 7) is 0. The summed E-state index contributed by atoms with van der Waals surface area (Å²) in [6, 6.07) is 7.60. The van der Waals surface area contributed by atoms with Gasteiger partial charge in [0.25, 0.3) is 5.91 Å². The molecule has 2 aromatic rings. The molecular formula is C14H11FN2O3. The molecule has 0 spiro atoms. The largest absolute Gasteiger partial charge is 0.481 e. The van der Waals surface area contributed by atoms with E-state index >= 15 is 0 Å². The fraction of sp³-hybridized carbons (Fsp3) is 0.0714. The number of halogens is 1. The molecule has 1 aromatic heterocycles. The van der Waals surface area contributed by atoms with Crippen molar-refractivity contribution in [2.45, 2.75) is 6.42 Å². The van der Waals surface area contributed by atoms with Crippen LogP contribution in [0, 0.1) is 5.82 Å². The van der Waals surface area contributed by atoms with Gasteiger partial charge in [0.1, 0.15) is 5.82 Å². The second kappa shape index (κ2) is 5.92. The van der Waals surface area contributed by atoms with Gasteiger partial charge in [0.2, 0.25) is 0 Å². The summed E-state index contributed by atoms with van der Waals surface area (Å²) in [5.74, 6) is -2.16. The van der Waals surface area contributed by atoms with Crippen molar-refractivity contribution in [3.05, 3.63) is 59.7 Å². The highest BCUT2D eigenvalue weighted by Crippen LogP contribution is 2.17. The van der Waals surface area contributed by atoms with E-state index in [1.165, 1.54) is 6.20 Å². The third-order valence-electron chi connectivity index (χ3n) is 2.57. The number of carboxylic acid groups (broad SMARTS) is 1. The molecule has 0 saturated heterocycles. The molecule has 6 heteroatoms. The summed E-state index contributed by atoms with van der Waals surface area (Å²) in [4.78, 5) is 26.3. The highest BCUT2D eigenvalue weighted by molar-refractivity contribution is 6.04. The minimum absolute atomic E-state index is 0.0649. The number of aliphatic carboxylic acids is 1. The number of anilines is 1. The molecule has 0 atom stereocenters. The third-order valence-corrected chi connectivity index (χ3v) is 2.57. The normalized spacial score (nSPS) is 10.1. The van der Waals surface area contributed by atoms with Crippen LogP contribution < -0.4 is 5.32 Å². The summed E-state index contributed by atoms with van der Waals surface area (Å²) in [5, 5.41) is 11.4. The predicted octanol–water partition coefficient (Wildman–Crippen LogP) is 2.10. The third kappa shape index (κ3) is 3.38. The van der Waals surface area contributed by atoms with Gasteiger partial charge in [0, 0.05) is 11.9 Å². The Morgan fingerprint density at radius 2 is 2.00 bits per heavy atom. The molecule has 102 valence electrons. The van der Waals surface area contributed by atoms with Gasteiger partial charge in [-0.1, -0.05) is 18.2 Å². The topological polar surface area (TPSA) is 79.3 Å². The minimum Gasteiger partial charge on any atom is -0.481 e. The van der Waals surface area contributed by atoms with Crippen molar-refractivity contribution in [1.29, 1.82) is 0 Å². The molecule has 2 N–H and O–H groups in total. The maximum Gasteiger partial charge on any atom is 0.307 e. The molecule has 0 fully saturated rings. The van der Waals surface area contributed by atoms with Gasteiger partial charge in [-0.05, 0) is 17.7 Å². The van der Waals surface area contributed by atoms with Crippen molar-refractivity contribution in [3.8, 4) is 0 Å². The van der Waals surface area contributed by atoms with Crippen LogP contribution in [0.1, 0.15) is 15.9 Å². The van der Waals surface area contributed by atoms with Crippen molar-refractivity contribution < 1.29 is 19.1 Å². The predicted molar refractivity (Wildman–Crippen MR) is 69.9 cm³/mol. The molecule has 1 amide bonds. The van der Waals surface area contributed by atoms with E-state index in [1.807, 2.05) is 0 Å². The van der Waals surface area contributed by atoms with Crippen LogP contribution in [-0.2, 0) is 11.2 Å². The Morgan fingerprint density at radius 1 is 1.25 bits per heavy atom. The Kier molecular flexibility index (Phi) is 4.05. The number of pyridine rings is 1. The van der Waals surface area contributed by atoms with E-state index in [4.69, 9.17) is 5.11 Å². The van der Waals surface area contributed by atoms with Crippen LogP contribution in [0.2, 0.25) is 0 Å². The number of amides is 1. The second-order valence-electron chi connectivity index (χ2n) is 4.07. The Balaban J connectivity index is 2.21. The van der Waals surface area contributed by atoms with Gasteiger partial charge in [-0.2, -0.15) is 0 Å². The first-order valence-corrected chi connectivity index (χ1v) is 5.78. The van der Waals surface area contributed by atoms with E-state index in [-0.39, 0.29) is 12.0 Å². The van der Waals surface area contributed by atoms with Gasteiger partial charge in [-0.15, -0.1) is 0 Å². The van der Waals surface area contributed by atoms with Gasteiger partial charge in [-0.25, -0.2) is 4.39 Å². The molecule has 0 aliphatic heterocycles. The number of carboxylic acids is 1.